The molecule has 2 aromatic rings. The number of nitrogens with zero attached hydrogens (tertiary/aromatic N) is 4. The molecule has 0 aliphatic carbocycles. The highest BCUT2D eigenvalue weighted by atomic mass is 35.5. The van der Waals surface area contributed by atoms with Gasteiger partial charge in [-0.1, -0.05) is 41.9 Å². The maximum absolute atomic E-state index is 6.17. The van der Waals surface area contributed by atoms with Crippen molar-refractivity contribution in [3.8, 4) is 0 Å². The summed E-state index contributed by atoms with van der Waals surface area (Å²) in [6, 6.07) is 16.5. The number of piperazine rings is 1. The summed E-state index contributed by atoms with van der Waals surface area (Å²) in [6.45, 7) is 7.36. The standard InChI is InChI=1S/C22H25ClN4/c1-17-15-22(25-21-16-19(23)7-8-20(21)24-17)27-13-11-26(12-14-27)10-9-18-5-3-2-4-6-18/h2-8,16H,9-15H2,1H3. The first-order valence-electron chi connectivity index (χ1n) is 9.60. The van der Waals surface area contributed by atoms with Gasteiger partial charge in [-0.15, -0.1) is 0 Å². The lowest BCUT2D eigenvalue weighted by Crippen LogP contribution is -2.49. The van der Waals surface area contributed by atoms with E-state index in [0.29, 0.717) is 5.02 Å². The Balaban J connectivity index is 1.40. The van der Waals surface area contributed by atoms with E-state index in [0.717, 1.165) is 68.5 Å². The summed E-state index contributed by atoms with van der Waals surface area (Å²) in [6.07, 6.45) is 1.91. The number of benzene rings is 2. The Morgan fingerprint density at radius 1 is 0.926 bits per heavy atom. The summed E-state index contributed by atoms with van der Waals surface area (Å²) >= 11 is 6.17. The second-order valence-electron chi connectivity index (χ2n) is 7.25. The smallest absolute Gasteiger partial charge is 0.111 e. The molecule has 4 nitrogen and oxygen atoms in total. The van der Waals surface area contributed by atoms with E-state index >= 15 is 0 Å². The third kappa shape index (κ3) is 4.57. The molecule has 0 saturated carbocycles. The average Bonchev–Trinajstić information content (AvgIpc) is 2.85. The van der Waals surface area contributed by atoms with Crippen LogP contribution in [0, 0.1) is 0 Å². The Hall–Kier alpha value is -2.17. The summed E-state index contributed by atoms with van der Waals surface area (Å²) in [5.41, 5.74) is 4.30. The van der Waals surface area contributed by atoms with Crippen LogP contribution in [0.15, 0.2) is 58.5 Å². The molecule has 27 heavy (non-hydrogen) atoms. The topological polar surface area (TPSA) is 31.2 Å². The fourth-order valence-corrected chi connectivity index (χ4v) is 3.84. The summed E-state index contributed by atoms with van der Waals surface area (Å²) in [5.74, 6) is 1.11. The number of aliphatic imine (C=N–C) groups is 2. The molecule has 1 saturated heterocycles. The molecular weight excluding hydrogens is 356 g/mol. The highest BCUT2D eigenvalue weighted by Crippen LogP contribution is 2.33. The summed E-state index contributed by atoms with van der Waals surface area (Å²) < 4.78 is 0. The maximum Gasteiger partial charge on any atom is 0.111 e. The van der Waals surface area contributed by atoms with Crippen molar-refractivity contribution in [2.45, 2.75) is 19.8 Å². The minimum Gasteiger partial charge on any atom is -0.357 e. The van der Waals surface area contributed by atoms with Crippen LogP contribution < -0.4 is 0 Å². The normalized spacial score (nSPS) is 17.8. The van der Waals surface area contributed by atoms with E-state index in [1.807, 2.05) is 18.2 Å². The summed E-state index contributed by atoms with van der Waals surface area (Å²) in [7, 11) is 0. The minimum atomic E-state index is 0.706. The third-order valence-electron chi connectivity index (χ3n) is 5.21. The fourth-order valence-electron chi connectivity index (χ4n) is 3.68. The van der Waals surface area contributed by atoms with Crippen molar-refractivity contribution in [2.75, 3.05) is 32.7 Å². The molecule has 0 atom stereocenters. The summed E-state index contributed by atoms with van der Waals surface area (Å²) in [4.78, 5) is 14.6. The molecule has 0 N–H and O–H groups in total. The SMILES string of the molecule is CC1=Nc2ccc(Cl)cc2N=C(N2CCN(CCc3ccccc3)CC2)C1. The van der Waals surface area contributed by atoms with Crippen molar-refractivity contribution in [3.05, 3.63) is 59.1 Å². The third-order valence-corrected chi connectivity index (χ3v) is 5.44. The van der Waals surface area contributed by atoms with Crippen LogP contribution in [-0.2, 0) is 6.42 Å². The van der Waals surface area contributed by atoms with Crippen LogP contribution in [0.5, 0.6) is 0 Å². The van der Waals surface area contributed by atoms with Gasteiger partial charge in [0.1, 0.15) is 5.84 Å². The van der Waals surface area contributed by atoms with Crippen LogP contribution >= 0.6 is 11.6 Å². The lowest BCUT2D eigenvalue weighted by Gasteiger charge is -2.36. The highest BCUT2D eigenvalue weighted by molar-refractivity contribution is 6.31. The molecule has 0 amide bonds. The quantitative estimate of drug-likeness (QED) is 0.771. The van der Waals surface area contributed by atoms with Crippen molar-refractivity contribution in [3.63, 3.8) is 0 Å². The van der Waals surface area contributed by atoms with Gasteiger partial charge in [0.15, 0.2) is 0 Å². The van der Waals surface area contributed by atoms with Crippen molar-refractivity contribution >= 4 is 34.5 Å². The number of amidine groups is 1. The second kappa shape index (κ2) is 8.24. The molecule has 140 valence electrons. The van der Waals surface area contributed by atoms with Crippen LogP contribution in [0.4, 0.5) is 11.4 Å². The molecule has 0 spiro atoms. The van der Waals surface area contributed by atoms with Crippen molar-refractivity contribution in [1.82, 2.24) is 9.80 Å². The Morgan fingerprint density at radius 3 is 2.48 bits per heavy atom. The number of hydrogen-bond acceptors (Lipinski definition) is 4. The monoisotopic (exact) mass is 380 g/mol. The molecule has 4 rings (SSSR count). The molecule has 0 radical (unpaired) electrons. The Kier molecular flexibility index (Phi) is 5.55. The van der Waals surface area contributed by atoms with Gasteiger partial charge >= 0.3 is 0 Å². The van der Waals surface area contributed by atoms with Gasteiger partial charge in [0, 0.05) is 49.9 Å². The van der Waals surface area contributed by atoms with Gasteiger partial charge in [0.2, 0.25) is 0 Å². The lowest BCUT2D eigenvalue weighted by atomic mass is 10.1. The van der Waals surface area contributed by atoms with Gasteiger partial charge in [-0.25, -0.2) is 4.99 Å². The molecule has 0 bridgehead atoms. The molecule has 2 aliphatic rings. The number of halogens is 1. The molecule has 2 heterocycles. The van der Waals surface area contributed by atoms with E-state index in [9.17, 15) is 0 Å². The lowest BCUT2D eigenvalue weighted by molar-refractivity contribution is 0.183. The van der Waals surface area contributed by atoms with Crippen LogP contribution in [0.25, 0.3) is 0 Å². The summed E-state index contributed by atoms with van der Waals surface area (Å²) in [5, 5.41) is 0.706. The Bertz CT molecular complexity index is 852. The highest BCUT2D eigenvalue weighted by Gasteiger charge is 2.22. The Morgan fingerprint density at radius 2 is 1.70 bits per heavy atom. The van der Waals surface area contributed by atoms with Gasteiger partial charge in [0.05, 0.1) is 11.4 Å². The van der Waals surface area contributed by atoms with E-state index in [1.165, 1.54) is 5.56 Å². The number of hydrogen-bond donors (Lipinski definition) is 0. The van der Waals surface area contributed by atoms with Crippen LogP contribution in [-0.4, -0.2) is 54.1 Å². The first kappa shape index (κ1) is 18.2. The van der Waals surface area contributed by atoms with Crippen molar-refractivity contribution < 1.29 is 0 Å². The van der Waals surface area contributed by atoms with Gasteiger partial charge < -0.3 is 4.90 Å². The maximum atomic E-state index is 6.17. The zero-order valence-electron chi connectivity index (χ0n) is 15.7. The molecule has 0 unspecified atom stereocenters. The number of rotatable bonds is 3. The average molecular weight is 381 g/mol. The Labute approximate surface area is 166 Å². The van der Waals surface area contributed by atoms with E-state index in [4.69, 9.17) is 21.6 Å². The first-order valence-corrected chi connectivity index (χ1v) is 9.98. The van der Waals surface area contributed by atoms with Crippen LogP contribution in [0.2, 0.25) is 5.02 Å². The number of fused-ring (bicyclic) bond motifs is 1. The minimum absolute atomic E-state index is 0.706. The zero-order chi connectivity index (χ0) is 18.6. The first-order chi connectivity index (χ1) is 13.2. The van der Waals surface area contributed by atoms with E-state index in [2.05, 4.69) is 47.1 Å². The molecular formula is C22H25ClN4. The molecule has 5 heteroatoms. The van der Waals surface area contributed by atoms with Gasteiger partial charge in [-0.3, -0.25) is 9.89 Å². The second-order valence-corrected chi connectivity index (χ2v) is 7.69. The van der Waals surface area contributed by atoms with Crippen molar-refractivity contribution in [2.24, 2.45) is 9.98 Å². The van der Waals surface area contributed by atoms with E-state index < -0.39 is 0 Å². The van der Waals surface area contributed by atoms with E-state index in [1.54, 1.807) is 0 Å². The van der Waals surface area contributed by atoms with Gasteiger partial charge in [0.25, 0.3) is 0 Å². The van der Waals surface area contributed by atoms with Gasteiger partial charge in [-0.2, -0.15) is 0 Å². The largest absolute Gasteiger partial charge is 0.357 e. The molecule has 0 aromatic heterocycles. The van der Waals surface area contributed by atoms with Crippen LogP contribution in [0.1, 0.15) is 18.9 Å². The van der Waals surface area contributed by atoms with E-state index in [-0.39, 0.29) is 0 Å². The molecule has 1 fully saturated rings. The van der Waals surface area contributed by atoms with Crippen molar-refractivity contribution in [1.29, 1.82) is 0 Å². The predicted octanol–water partition coefficient (Wildman–Crippen LogP) is 4.73. The molecule has 2 aromatic carbocycles. The van der Waals surface area contributed by atoms with Crippen LogP contribution in [0.3, 0.4) is 0 Å². The fraction of sp³-hybridized carbons (Fsp3) is 0.364. The van der Waals surface area contributed by atoms with Gasteiger partial charge in [-0.05, 0) is 37.1 Å². The predicted molar refractivity (Wildman–Crippen MR) is 114 cm³/mol. The zero-order valence-corrected chi connectivity index (χ0v) is 16.5. The molecule has 2 aliphatic heterocycles.